The number of anilines is 2. The molecule has 0 amide bonds. The maximum absolute atomic E-state index is 9.77. The number of hydrogen-bond acceptors (Lipinski definition) is 4. The zero-order chi connectivity index (χ0) is 16.8. The zero-order valence-corrected chi connectivity index (χ0v) is 13.5. The molecule has 0 spiro atoms. The van der Waals surface area contributed by atoms with Crippen molar-refractivity contribution in [1.82, 2.24) is 14.4 Å². The largest absolute Gasteiger partial charge is 0.341 e. The highest BCUT2D eigenvalue weighted by molar-refractivity contribution is 5.87. The Balaban J connectivity index is 1.90. The van der Waals surface area contributed by atoms with Crippen molar-refractivity contribution in [2.24, 2.45) is 0 Å². The van der Waals surface area contributed by atoms with Crippen LogP contribution in [0.2, 0.25) is 0 Å². The number of aromatic nitrogens is 3. The molecule has 0 bridgehead atoms. The summed E-state index contributed by atoms with van der Waals surface area (Å²) in [5, 5.41) is 13.3. The van der Waals surface area contributed by atoms with E-state index in [0.717, 1.165) is 53.0 Å². The number of nitrogens with one attached hydrogen (secondary N) is 1. The van der Waals surface area contributed by atoms with Gasteiger partial charge in [-0.1, -0.05) is 12.1 Å². The van der Waals surface area contributed by atoms with Crippen LogP contribution in [0.4, 0.5) is 11.5 Å². The Kier molecular flexibility index (Phi) is 2.98. The Morgan fingerprint density at radius 3 is 2.68 bits per heavy atom. The molecule has 0 radical (unpaired) electrons. The van der Waals surface area contributed by atoms with Crippen molar-refractivity contribution < 1.29 is 0 Å². The molecule has 3 aromatic heterocycles. The van der Waals surface area contributed by atoms with E-state index in [1.165, 1.54) is 5.56 Å². The molecular weight excluding hydrogens is 310 g/mol. The molecule has 5 rings (SSSR count). The number of nitriles is 1. The Hall–Kier alpha value is -3.39. The van der Waals surface area contributed by atoms with Crippen LogP contribution in [0, 0.1) is 11.3 Å². The van der Waals surface area contributed by atoms with Crippen molar-refractivity contribution in [3.8, 4) is 6.07 Å². The van der Waals surface area contributed by atoms with Crippen molar-refractivity contribution >= 4 is 28.2 Å². The van der Waals surface area contributed by atoms with Crippen molar-refractivity contribution in [3.63, 3.8) is 0 Å². The van der Waals surface area contributed by atoms with Crippen LogP contribution in [0.5, 0.6) is 0 Å². The first-order chi connectivity index (χ1) is 12.4. The molecule has 1 aromatic carbocycles. The standard InChI is InChI=1S/C20H15N5/c21-12-16-14-4-3-5-15(14)19(23-13-8-10-22-11-9-13)25-18-7-2-1-6-17(18)24-20(16)25/h1-2,6-11H,3-5H2,(H,22,23). The highest BCUT2D eigenvalue weighted by atomic mass is 15.1. The minimum absolute atomic E-state index is 0.712. The third kappa shape index (κ3) is 2.01. The monoisotopic (exact) mass is 325 g/mol. The van der Waals surface area contributed by atoms with Gasteiger partial charge < -0.3 is 5.32 Å². The van der Waals surface area contributed by atoms with Gasteiger partial charge in [0.1, 0.15) is 11.9 Å². The molecule has 1 aliphatic rings. The number of nitrogens with zero attached hydrogens (tertiary/aromatic N) is 4. The van der Waals surface area contributed by atoms with Gasteiger partial charge in [-0.05, 0) is 54.7 Å². The fourth-order valence-electron chi connectivity index (χ4n) is 3.79. The van der Waals surface area contributed by atoms with E-state index in [1.807, 2.05) is 30.3 Å². The maximum Gasteiger partial charge on any atom is 0.157 e. The Bertz CT molecular complexity index is 1150. The molecule has 120 valence electrons. The van der Waals surface area contributed by atoms with Gasteiger partial charge >= 0.3 is 0 Å². The lowest BCUT2D eigenvalue weighted by atomic mass is 10.1. The highest BCUT2D eigenvalue weighted by Gasteiger charge is 2.25. The second-order valence-corrected chi connectivity index (χ2v) is 6.27. The summed E-state index contributed by atoms with van der Waals surface area (Å²) in [4.78, 5) is 8.84. The molecule has 25 heavy (non-hydrogen) atoms. The zero-order valence-electron chi connectivity index (χ0n) is 13.5. The molecule has 5 heteroatoms. The SMILES string of the molecule is N#Cc1c2c(c(Nc3ccncc3)n3c1nc1ccccc13)CCC2. The summed E-state index contributed by atoms with van der Waals surface area (Å²) < 4.78 is 2.10. The second-order valence-electron chi connectivity index (χ2n) is 6.27. The van der Waals surface area contributed by atoms with Gasteiger partial charge in [0.05, 0.1) is 16.6 Å². The molecule has 5 nitrogen and oxygen atoms in total. The predicted octanol–water partition coefficient (Wildman–Crippen LogP) is 3.99. The van der Waals surface area contributed by atoms with Gasteiger partial charge in [-0.25, -0.2) is 4.98 Å². The number of rotatable bonds is 2. The normalized spacial score (nSPS) is 13.1. The third-order valence-electron chi connectivity index (χ3n) is 4.87. The fourth-order valence-corrected chi connectivity index (χ4v) is 3.79. The minimum atomic E-state index is 0.712. The smallest absolute Gasteiger partial charge is 0.157 e. The fraction of sp³-hybridized carbons (Fsp3) is 0.150. The molecule has 1 aliphatic carbocycles. The number of imidazole rings is 1. The van der Waals surface area contributed by atoms with Crippen LogP contribution in [0.1, 0.15) is 23.1 Å². The second kappa shape index (κ2) is 5.32. The first kappa shape index (κ1) is 14.0. The molecule has 0 fully saturated rings. The molecule has 0 aliphatic heterocycles. The summed E-state index contributed by atoms with van der Waals surface area (Å²) in [7, 11) is 0. The first-order valence-corrected chi connectivity index (χ1v) is 8.39. The Morgan fingerprint density at radius 2 is 1.84 bits per heavy atom. The van der Waals surface area contributed by atoms with E-state index in [4.69, 9.17) is 4.98 Å². The molecule has 4 aromatic rings. The summed E-state index contributed by atoms with van der Waals surface area (Å²) in [6, 6.07) is 14.3. The summed E-state index contributed by atoms with van der Waals surface area (Å²) in [5.74, 6) is 1.02. The topological polar surface area (TPSA) is 66.0 Å². The van der Waals surface area contributed by atoms with Crippen molar-refractivity contribution in [2.75, 3.05) is 5.32 Å². The van der Waals surface area contributed by atoms with Crippen LogP contribution in [0.25, 0.3) is 16.7 Å². The van der Waals surface area contributed by atoms with Crippen molar-refractivity contribution in [3.05, 3.63) is 65.5 Å². The summed E-state index contributed by atoms with van der Waals surface area (Å²) >= 11 is 0. The van der Waals surface area contributed by atoms with Gasteiger partial charge in [0.15, 0.2) is 5.65 Å². The van der Waals surface area contributed by atoms with Crippen LogP contribution < -0.4 is 5.32 Å². The van der Waals surface area contributed by atoms with Crippen LogP contribution in [-0.4, -0.2) is 14.4 Å². The summed E-state index contributed by atoms with van der Waals surface area (Å²) in [5.41, 5.74) is 6.71. The van der Waals surface area contributed by atoms with Gasteiger partial charge in [-0.3, -0.25) is 9.38 Å². The average Bonchev–Trinajstić information content (AvgIpc) is 3.27. The quantitative estimate of drug-likeness (QED) is 0.605. The van der Waals surface area contributed by atoms with E-state index in [9.17, 15) is 5.26 Å². The lowest BCUT2D eigenvalue weighted by Gasteiger charge is -2.16. The maximum atomic E-state index is 9.77. The van der Waals surface area contributed by atoms with Gasteiger partial charge in [-0.2, -0.15) is 5.26 Å². The number of benzene rings is 1. The molecule has 0 saturated carbocycles. The number of hydrogen-bond donors (Lipinski definition) is 1. The number of fused-ring (bicyclic) bond motifs is 4. The average molecular weight is 325 g/mol. The summed E-state index contributed by atoms with van der Waals surface area (Å²) in [6.07, 6.45) is 6.52. The van der Waals surface area contributed by atoms with Crippen LogP contribution in [0.3, 0.4) is 0 Å². The van der Waals surface area contributed by atoms with E-state index in [0.29, 0.717) is 5.56 Å². The molecule has 1 N–H and O–H groups in total. The third-order valence-corrected chi connectivity index (χ3v) is 4.87. The highest BCUT2D eigenvalue weighted by Crippen LogP contribution is 2.37. The van der Waals surface area contributed by atoms with Crippen LogP contribution in [-0.2, 0) is 12.8 Å². The van der Waals surface area contributed by atoms with Crippen LogP contribution >= 0.6 is 0 Å². The van der Waals surface area contributed by atoms with Gasteiger partial charge in [0.25, 0.3) is 0 Å². The lowest BCUT2D eigenvalue weighted by Crippen LogP contribution is -2.06. The summed E-state index contributed by atoms with van der Waals surface area (Å²) in [6.45, 7) is 0. The Labute approximate surface area is 144 Å². The molecule has 3 heterocycles. The molecule has 0 saturated heterocycles. The van der Waals surface area contributed by atoms with Gasteiger partial charge in [-0.15, -0.1) is 0 Å². The van der Waals surface area contributed by atoms with Crippen molar-refractivity contribution in [2.45, 2.75) is 19.3 Å². The minimum Gasteiger partial charge on any atom is -0.341 e. The predicted molar refractivity (Wildman–Crippen MR) is 97.0 cm³/mol. The van der Waals surface area contributed by atoms with E-state index in [2.05, 4.69) is 26.8 Å². The van der Waals surface area contributed by atoms with Crippen molar-refractivity contribution in [1.29, 1.82) is 5.26 Å². The van der Waals surface area contributed by atoms with E-state index < -0.39 is 0 Å². The van der Waals surface area contributed by atoms with E-state index in [-0.39, 0.29) is 0 Å². The first-order valence-electron chi connectivity index (χ1n) is 8.39. The van der Waals surface area contributed by atoms with Gasteiger partial charge in [0, 0.05) is 18.1 Å². The lowest BCUT2D eigenvalue weighted by molar-refractivity contribution is 0.910. The van der Waals surface area contributed by atoms with E-state index in [1.54, 1.807) is 12.4 Å². The molecular formula is C20H15N5. The number of para-hydroxylation sites is 2. The number of pyridine rings is 2. The Morgan fingerprint density at radius 1 is 1.04 bits per heavy atom. The molecule has 0 unspecified atom stereocenters. The van der Waals surface area contributed by atoms with Crippen LogP contribution in [0.15, 0.2) is 48.8 Å². The van der Waals surface area contributed by atoms with Gasteiger partial charge in [0.2, 0.25) is 0 Å². The molecule has 0 atom stereocenters. The van der Waals surface area contributed by atoms with E-state index >= 15 is 0 Å².